The highest BCUT2D eigenvalue weighted by Gasteiger charge is 2.27. The van der Waals surface area contributed by atoms with Gasteiger partial charge >= 0.3 is 0 Å². The van der Waals surface area contributed by atoms with E-state index in [9.17, 15) is 0 Å². The van der Waals surface area contributed by atoms with Crippen LogP contribution in [-0.4, -0.2) is 5.38 Å². The smallest absolute Gasteiger partial charge is 0.0404 e. The summed E-state index contributed by atoms with van der Waals surface area (Å²) < 4.78 is 0. The largest absolute Gasteiger partial charge is 0.122 e. The molecule has 0 amide bonds. The van der Waals surface area contributed by atoms with E-state index in [1.54, 1.807) is 5.56 Å². The van der Waals surface area contributed by atoms with Crippen molar-refractivity contribution in [2.45, 2.75) is 55.7 Å². The van der Waals surface area contributed by atoms with Crippen molar-refractivity contribution in [3.63, 3.8) is 0 Å². The fourth-order valence-electron chi connectivity index (χ4n) is 3.08. The first-order valence-corrected chi connectivity index (χ1v) is 7.02. The van der Waals surface area contributed by atoms with E-state index in [2.05, 4.69) is 24.3 Å². The van der Waals surface area contributed by atoms with Gasteiger partial charge in [-0.2, -0.15) is 0 Å². The van der Waals surface area contributed by atoms with Gasteiger partial charge in [0.1, 0.15) is 0 Å². The summed E-state index contributed by atoms with van der Waals surface area (Å²) in [6.45, 7) is 0. The molecule has 2 atom stereocenters. The molecule has 2 fully saturated rings. The Morgan fingerprint density at radius 2 is 1.69 bits per heavy atom. The van der Waals surface area contributed by atoms with Crippen molar-refractivity contribution in [2.24, 2.45) is 0 Å². The van der Waals surface area contributed by atoms with Crippen molar-refractivity contribution in [2.75, 3.05) is 0 Å². The van der Waals surface area contributed by atoms with E-state index in [1.165, 1.54) is 44.1 Å². The van der Waals surface area contributed by atoms with Gasteiger partial charge in [-0.1, -0.05) is 37.1 Å². The summed E-state index contributed by atoms with van der Waals surface area (Å²) >= 11 is 6.39. The molecule has 2 aliphatic carbocycles. The van der Waals surface area contributed by atoms with Crippen LogP contribution in [0.3, 0.4) is 0 Å². The summed E-state index contributed by atoms with van der Waals surface area (Å²) in [5, 5.41) is 0.372. The van der Waals surface area contributed by atoms with Crippen LogP contribution in [0.1, 0.15) is 61.5 Å². The van der Waals surface area contributed by atoms with Crippen molar-refractivity contribution < 1.29 is 0 Å². The minimum absolute atomic E-state index is 0.372. The first-order chi connectivity index (χ1) is 7.84. The van der Waals surface area contributed by atoms with Crippen molar-refractivity contribution >= 4 is 11.6 Å². The number of hydrogen-bond donors (Lipinski definition) is 0. The molecule has 16 heavy (non-hydrogen) atoms. The SMILES string of the molecule is ClC1CCCC1c1cccc(C2CCC2)c1. The van der Waals surface area contributed by atoms with Crippen molar-refractivity contribution in [1.29, 1.82) is 0 Å². The molecule has 2 aliphatic rings. The van der Waals surface area contributed by atoms with Crippen molar-refractivity contribution in [1.82, 2.24) is 0 Å². The van der Waals surface area contributed by atoms with E-state index in [-0.39, 0.29) is 0 Å². The second-order valence-corrected chi connectivity index (χ2v) is 5.91. The van der Waals surface area contributed by atoms with Crippen LogP contribution < -0.4 is 0 Å². The normalized spacial score (nSPS) is 30.3. The summed E-state index contributed by atoms with van der Waals surface area (Å²) in [6, 6.07) is 9.22. The number of benzene rings is 1. The maximum absolute atomic E-state index is 6.39. The van der Waals surface area contributed by atoms with E-state index in [0.717, 1.165) is 5.92 Å². The van der Waals surface area contributed by atoms with Crippen molar-refractivity contribution in [3.05, 3.63) is 35.4 Å². The van der Waals surface area contributed by atoms with Gasteiger partial charge in [0, 0.05) is 11.3 Å². The van der Waals surface area contributed by atoms with Crippen LogP contribution in [0.4, 0.5) is 0 Å². The second kappa shape index (κ2) is 4.41. The first-order valence-electron chi connectivity index (χ1n) is 6.58. The molecule has 2 unspecified atom stereocenters. The van der Waals surface area contributed by atoms with Gasteiger partial charge in [-0.05, 0) is 42.7 Å². The number of rotatable bonds is 2. The van der Waals surface area contributed by atoms with Gasteiger partial charge in [0.15, 0.2) is 0 Å². The molecule has 2 saturated carbocycles. The monoisotopic (exact) mass is 234 g/mol. The fraction of sp³-hybridized carbons (Fsp3) is 0.600. The molecular weight excluding hydrogens is 216 g/mol. The lowest BCUT2D eigenvalue weighted by Crippen LogP contribution is -2.10. The molecule has 0 nitrogen and oxygen atoms in total. The maximum Gasteiger partial charge on any atom is 0.0404 e. The zero-order chi connectivity index (χ0) is 11.0. The molecule has 1 aromatic rings. The van der Waals surface area contributed by atoms with Crippen molar-refractivity contribution in [3.8, 4) is 0 Å². The van der Waals surface area contributed by atoms with Gasteiger partial charge in [0.25, 0.3) is 0 Å². The number of halogens is 1. The molecule has 0 N–H and O–H groups in total. The molecule has 86 valence electrons. The molecule has 0 radical (unpaired) electrons. The number of alkyl halides is 1. The Morgan fingerprint density at radius 3 is 2.31 bits per heavy atom. The van der Waals surface area contributed by atoms with Crippen LogP contribution >= 0.6 is 11.6 Å². The average Bonchev–Trinajstić information content (AvgIpc) is 2.62. The third-order valence-electron chi connectivity index (χ3n) is 4.35. The van der Waals surface area contributed by atoms with Crippen LogP contribution in [0.5, 0.6) is 0 Å². The van der Waals surface area contributed by atoms with Crippen LogP contribution in [0.2, 0.25) is 0 Å². The highest BCUT2D eigenvalue weighted by molar-refractivity contribution is 6.21. The molecule has 3 rings (SSSR count). The Labute approximate surface area is 103 Å². The first kappa shape index (κ1) is 10.7. The maximum atomic E-state index is 6.39. The van der Waals surface area contributed by atoms with Crippen LogP contribution in [-0.2, 0) is 0 Å². The summed E-state index contributed by atoms with van der Waals surface area (Å²) in [5.41, 5.74) is 3.04. The predicted molar refractivity (Wildman–Crippen MR) is 69.3 cm³/mol. The molecule has 0 saturated heterocycles. The van der Waals surface area contributed by atoms with Gasteiger partial charge in [0.05, 0.1) is 0 Å². The van der Waals surface area contributed by atoms with E-state index >= 15 is 0 Å². The third kappa shape index (κ3) is 1.88. The lowest BCUT2D eigenvalue weighted by Gasteiger charge is -2.27. The Morgan fingerprint density at radius 1 is 0.938 bits per heavy atom. The molecule has 1 aromatic carbocycles. The minimum atomic E-state index is 0.372. The van der Waals surface area contributed by atoms with E-state index in [4.69, 9.17) is 11.6 Å². The minimum Gasteiger partial charge on any atom is -0.122 e. The Hall–Kier alpha value is -0.490. The highest BCUT2D eigenvalue weighted by atomic mass is 35.5. The van der Waals surface area contributed by atoms with E-state index < -0.39 is 0 Å². The van der Waals surface area contributed by atoms with E-state index in [1.807, 2.05) is 0 Å². The van der Waals surface area contributed by atoms with Crippen LogP contribution in [0, 0.1) is 0 Å². The van der Waals surface area contributed by atoms with Gasteiger partial charge in [-0.3, -0.25) is 0 Å². The lowest BCUT2D eigenvalue weighted by molar-refractivity contribution is 0.419. The zero-order valence-corrected chi connectivity index (χ0v) is 10.4. The average molecular weight is 235 g/mol. The van der Waals surface area contributed by atoms with Gasteiger partial charge < -0.3 is 0 Å². The van der Waals surface area contributed by atoms with Gasteiger partial charge in [0.2, 0.25) is 0 Å². The molecule has 0 bridgehead atoms. The van der Waals surface area contributed by atoms with Gasteiger partial charge in [-0.25, -0.2) is 0 Å². The summed E-state index contributed by atoms with van der Waals surface area (Å²) in [7, 11) is 0. The summed E-state index contributed by atoms with van der Waals surface area (Å²) in [6.07, 6.45) is 7.96. The van der Waals surface area contributed by atoms with Crippen LogP contribution in [0.15, 0.2) is 24.3 Å². The summed E-state index contributed by atoms with van der Waals surface area (Å²) in [4.78, 5) is 0. The quantitative estimate of drug-likeness (QED) is 0.643. The molecule has 0 aromatic heterocycles. The Balaban J connectivity index is 1.83. The van der Waals surface area contributed by atoms with E-state index in [0.29, 0.717) is 11.3 Å². The Bertz CT molecular complexity index is 367. The predicted octanol–water partition coefficient (Wildman–Crippen LogP) is 4.83. The summed E-state index contributed by atoms with van der Waals surface area (Å²) in [5.74, 6) is 1.46. The Kier molecular flexibility index (Phi) is 2.93. The molecule has 1 heteroatoms. The zero-order valence-electron chi connectivity index (χ0n) is 9.66. The topological polar surface area (TPSA) is 0 Å². The molecular formula is C15H19Cl. The number of hydrogen-bond acceptors (Lipinski definition) is 0. The fourth-order valence-corrected chi connectivity index (χ4v) is 3.50. The molecule has 0 spiro atoms. The highest BCUT2D eigenvalue weighted by Crippen LogP contribution is 2.41. The third-order valence-corrected chi connectivity index (χ3v) is 4.87. The van der Waals surface area contributed by atoms with Gasteiger partial charge in [-0.15, -0.1) is 11.6 Å². The molecule has 0 heterocycles. The standard InChI is InChI=1S/C15H19Cl/c16-15-9-3-8-14(15)13-7-2-6-12(10-13)11-4-1-5-11/h2,6-7,10-11,14-15H,1,3-5,8-9H2. The second-order valence-electron chi connectivity index (χ2n) is 5.35. The van der Waals surface area contributed by atoms with Crippen LogP contribution in [0.25, 0.3) is 0 Å². The molecule has 0 aliphatic heterocycles. The lowest BCUT2D eigenvalue weighted by atomic mass is 9.79.